The van der Waals surface area contributed by atoms with Gasteiger partial charge in [-0.05, 0) is 42.0 Å². The number of ether oxygens (including phenoxy) is 1. The fraction of sp³-hybridized carbons (Fsp3) is 0.143. The van der Waals surface area contributed by atoms with E-state index in [2.05, 4.69) is 15.8 Å². The molecule has 0 saturated heterocycles. The summed E-state index contributed by atoms with van der Waals surface area (Å²) < 4.78 is 5.39. The summed E-state index contributed by atoms with van der Waals surface area (Å²) in [6, 6.07) is 21.5. The molecule has 3 rings (SSSR count). The zero-order chi connectivity index (χ0) is 18.2. The molecule has 5 heteroatoms. The SMILES string of the molecule is CCOc1ccc(NCC(=O)N/N=C\c2cccc3ccccc23)cc1. The van der Waals surface area contributed by atoms with E-state index < -0.39 is 0 Å². The Kier molecular flexibility index (Phi) is 5.83. The van der Waals surface area contributed by atoms with E-state index in [1.807, 2.05) is 73.7 Å². The summed E-state index contributed by atoms with van der Waals surface area (Å²) in [5, 5.41) is 9.34. The molecule has 132 valence electrons. The van der Waals surface area contributed by atoms with Crippen molar-refractivity contribution in [2.75, 3.05) is 18.5 Å². The Bertz CT molecular complexity index is 899. The molecule has 3 aromatic carbocycles. The lowest BCUT2D eigenvalue weighted by Crippen LogP contribution is -2.25. The van der Waals surface area contributed by atoms with Gasteiger partial charge in [-0.25, -0.2) is 5.43 Å². The van der Waals surface area contributed by atoms with Crippen LogP contribution in [-0.2, 0) is 4.79 Å². The molecule has 0 aliphatic rings. The molecule has 0 heterocycles. The first-order valence-electron chi connectivity index (χ1n) is 8.52. The third-order valence-electron chi connectivity index (χ3n) is 3.83. The van der Waals surface area contributed by atoms with Crippen LogP contribution < -0.4 is 15.5 Å². The van der Waals surface area contributed by atoms with Gasteiger partial charge in [0.1, 0.15) is 5.75 Å². The molecule has 3 aromatic rings. The Balaban J connectivity index is 1.52. The highest BCUT2D eigenvalue weighted by molar-refractivity contribution is 6.00. The quantitative estimate of drug-likeness (QED) is 0.505. The van der Waals surface area contributed by atoms with Crippen LogP contribution in [0.2, 0.25) is 0 Å². The van der Waals surface area contributed by atoms with Crippen LogP contribution >= 0.6 is 0 Å². The second kappa shape index (κ2) is 8.67. The number of amides is 1. The predicted molar refractivity (Wildman–Crippen MR) is 106 cm³/mol. The number of nitrogens with zero attached hydrogens (tertiary/aromatic N) is 1. The molecule has 5 nitrogen and oxygen atoms in total. The van der Waals surface area contributed by atoms with Crippen molar-refractivity contribution < 1.29 is 9.53 Å². The number of hydrogen-bond acceptors (Lipinski definition) is 4. The van der Waals surface area contributed by atoms with E-state index in [9.17, 15) is 4.79 Å². The van der Waals surface area contributed by atoms with Crippen molar-refractivity contribution in [2.45, 2.75) is 6.92 Å². The number of anilines is 1. The third-order valence-corrected chi connectivity index (χ3v) is 3.83. The first kappa shape index (κ1) is 17.5. The average Bonchev–Trinajstić information content (AvgIpc) is 2.68. The first-order chi connectivity index (χ1) is 12.8. The number of fused-ring (bicyclic) bond motifs is 1. The monoisotopic (exact) mass is 347 g/mol. The minimum Gasteiger partial charge on any atom is -0.494 e. The maximum Gasteiger partial charge on any atom is 0.259 e. The maximum atomic E-state index is 11.9. The number of hydrogen-bond donors (Lipinski definition) is 2. The number of rotatable bonds is 7. The molecule has 0 atom stereocenters. The number of carbonyl (C=O) groups excluding carboxylic acids is 1. The van der Waals surface area contributed by atoms with E-state index in [1.54, 1.807) is 6.21 Å². The van der Waals surface area contributed by atoms with Crippen molar-refractivity contribution in [2.24, 2.45) is 5.10 Å². The minimum absolute atomic E-state index is 0.140. The molecule has 26 heavy (non-hydrogen) atoms. The van der Waals surface area contributed by atoms with Crippen LogP contribution in [0, 0.1) is 0 Å². The number of nitrogens with one attached hydrogen (secondary N) is 2. The van der Waals surface area contributed by atoms with E-state index in [4.69, 9.17) is 4.74 Å². The first-order valence-corrected chi connectivity index (χ1v) is 8.52. The van der Waals surface area contributed by atoms with Crippen LogP contribution in [0.15, 0.2) is 71.8 Å². The van der Waals surface area contributed by atoms with Crippen molar-refractivity contribution in [3.05, 3.63) is 72.3 Å². The second-order valence-electron chi connectivity index (χ2n) is 5.67. The van der Waals surface area contributed by atoms with Crippen molar-refractivity contribution in [1.29, 1.82) is 0 Å². The average molecular weight is 347 g/mol. The fourth-order valence-corrected chi connectivity index (χ4v) is 2.59. The molecule has 0 aliphatic carbocycles. The van der Waals surface area contributed by atoms with Gasteiger partial charge in [0.15, 0.2) is 0 Å². The molecule has 0 aliphatic heterocycles. The molecular weight excluding hydrogens is 326 g/mol. The highest BCUT2D eigenvalue weighted by Crippen LogP contribution is 2.17. The van der Waals surface area contributed by atoms with E-state index in [1.165, 1.54) is 0 Å². The summed E-state index contributed by atoms with van der Waals surface area (Å²) >= 11 is 0. The molecule has 0 bridgehead atoms. The van der Waals surface area contributed by atoms with E-state index in [0.29, 0.717) is 6.61 Å². The highest BCUT2D eigenvalue weighted by Gasteiger charge is 2.01. The molecular formula is C21H21N3O2. The number of benzene rings is 3. The van der Waals surface area contributed by atoms with Gasteiger partial charge >= 0.3 is 0 Å². The van der Waals surface area contributed by atoms with Crippen molar-refractivity contribution in [3.63, 3.8) is 0 Å². The summed E-state index contributed by atoms with van der Waals surface area (Å²) in [5.74, 6) is 0.595. The van der Waals surface area contributed by atoms with Crippen LogP contribution in [-0.4, -0.2) is 25.3 Å². The smallest absolute Gasteiger partial charge is 0.259 e. The van der Waals surface area contributed by atoms with Gasteiger partial charge in [-0.3, -0.25) is 4.79 Å². The third kappa shape index (κ3) is 4.60. The molecule has 0 fully saturated rings. The normalized spacial score (nSPS) is 10.8. The summed E-state index contributed by atoms with van der Waals surface area (Å²) in [6.45, 7) is 2.71. The molecule has 0 unspecified atom stereocenters. The van der Waals surface area contributed by atoms with Gasteiger partial charge in [0.2, 0.25) is 0 Å². The van der Waals surface area contributed by atoms with Crippen molar-refractivity contribution >= 4 is 28.6 Å². The van der Waals surface area contributed by atoms with Gasteiger partial charge in [-0.15, -0.1) is 0 Å². The van der Waals surface area contributed by atoms with Crippen LogP contribution in [0.3, 0.4) is 0 Å². The molecule has 2 N–H and O–H groups in total. The Morgan fingerprint density at radius 3 is 2.62 bits per heavy atom. The zero-order valence-electron chi connectivity index (χ0n) is 14.6. The van der Waals surface area contributed by atoms with Crippen LogP contribution in [0.25, 0.3) is 10.8 Å². The van der Waals surface area contributed by atoms with E-state index >= 15 is 0 Å². The lowest BCUT2D eigenvalue weighted by molar-refractivity contribution is -0.119. The Hall–Kier alpha value is -3.34. The van der Waals surface area contributed by atoms with Crippen molar-refractivity contribution in [3.8, 4) is 5.75 Å². The van der Waals surface area contributed by atoms with Gasteiger partial charge in [0.05, 0.1) is 19.4 Å². The summed E-state index contributed by atoms with van der Waals surface area (Å²) in [4.78, 5) is 11.9. The molecule has 1 amide bonds. The zero-order valence-corrected chi connectivity index (χ0v) is 14.6. The number of hydrazone groups is 1. The lowest BCUT2D eigenvalue weighted by atomic mass is 10.1. The van der Waals surface area contributed by atoms with Crippen LogP contribution in [0.4, 0.5) is 5.69 Å². The Labute approximate surface area is 152 Å². The van der Waals surface area contributed by atoms with Crippen LogP contribution in [0.5, 0.6) is 5.75 Å². The van der Waals surface area contributed by atoms with Gasteiger partial charge in [0, 0.05) is 11.3 Å². The van der Waals surface area contributed by atoms with Gasteiger partial charge in [0.25, 0.3) is 5.91 Å². The molecule has 0 aromatic heterocycles. The Morgan fingerprint density at radius 2 is 1.81 bits per heavy atom. The largest absolute Gasteiger partial charge is 0.494 e. The van der Waals surface area contributed by atoms with Gasteiger partial charge in [-0.2, -0.15) is 5.10 Å². The predicted octanol–water partition coefficient (Wildman–Crippen LogP) is 3.80. The Morgan fingerprint density at radius 1 is 1.04 bits per heavy atom. The molecule has 0 radical (unpaired) electrons. The molecule has 0 saturated carbocycles. The lowest BCUT2D eigenvalue weighted by Gasteiger charge is -2.07. The second-order valence-corrected chi connectivity index (χ2v) is 5.67. The van der Waals surface area contributed by atoms with E-state index in [-0.39, 0.29) is 12.5 Å². The topological polar surface area (TPSA) is 62.7 Å². The van der Waals surface area contributed by atoms with Gasteiger partial charge in [-0.1, -0.05) is 42.5 Å². The van der Waals surface area contributed by atoms with Gasteiger partial charge < -0.3 is 10.1 Å². The summed E-state index contributed by atoms with van der Waals surface area (Å²) in [5.41, 5.74) is 4.35. The summed E-state index contributed by atoms with van der Waals surface area (Å²) in [6.07, 6.45) is 1.66. The van der Waals surface area contributed by atoms with Crippen LogP contribution in [0.1, 0.15) is 12.5 Å². The van der Waals surface area contributed by atoms with Crippen molar-refractivity contribution in [1.82, 2.24) is 5.43 Å². The minimum atomic E-state index is -0.213. The van der Waals surface area contributed by atoms with E-state index in [0.717, 1.165) is 27.8 Å². The fourth-order valence-electron chi connectivity index (χ4n) is 2.59. The summed E-state index contributed by atoms with van der Waals surface area (Å²) in [7, 11) is 0. The standard InChI is InChI=1S/C21H21N3O2/c1-2-26-19-12-10-18(11-13-19)22-15-21(25)24-23-14-17-8-5-7-16-6-3-4-9-20(16)17/h3-14,22H,2,15H2,1H3,(H,24,25)/b23-14-. The highest BCUT2D eigenvalue weighted by atomic mass is 16.5. The molecule has 0 spiro atoms. The number of carbonyl (C=O) groups is 1. The maximum absolute atomic E-state index is 11.9.